The Morgan fingerprint density at radius 3 is 1.67 bits per heavy atom. The van der Waals surface area contributed by atoms with Crippen LogP contribution >= 0.6 is 0 Å². The summed E-state index contributed by atoms with van der Waals surface area (Å²) in [4.78, 5) is 72.0. The number of H-pyrrole nitrogens is 1. The standard InChI is InChI=1S/C30H56N10O6/c1-3-19(2)25(40-26(41)21(34)16-20-17-35-18-36-20)29(44)38-23(11-5-8-14-32)27(42)37-22(10-4-7-13-31)28(43)39-24(30(45)46)12-6-9-15-33/h17-19,21-25H,3-16,31-34H2,1-2H3,(H,35,36)(H,37,42)(H,38,44)(H,39,43)(H,40,41)(H,45,46)/t19-,21-,22-,23-,24-,25-/m0/s1. The summed E-state index contributed by atoms with van der Waals surface area (Å²) in [5, 5.41) is 20.4. The topological polar surface area (TPSA) is 286 Å². The first-order chi connectivity index (χ1) is 22.0. The van der Waals surface area contributed by atoms with E-state index in [0.717, 1.165) is 0 Å². The molecule has 1 aromatic rings. The number of carbonyl (C=O) groups is 5. The minimum absolute atomic E-state index is 0.188. The maximum absolute atomic E-state index is 13.6. The molecule has 0 unspecified atom stereocenters. The molecule has 262 valence electrons. The molecule has 0 saturated heterocycles. The van der Waals surface area contributed by atoms with Crippen molar-refractivity contribution in [2.24, 2.45) is 28.9 Å². The molecule has 16 nitrogen and oxygen atoms in total. The van der Waals surface area contributed by atoms with Crippen LogP contribution < -0.4 is 44.2 Å². The summed E-state index contributed by atoms with van der Waals surface area (Å²) in [5.41, 5.74) is 23.6. The molecule has 1 rings (SSSR count). The van der Waals surface area contributed by atoms with Crippen LogP contribution in [0, 0.1) is 5.92 Å². The SMILES string of the molecule is CC[C@H](C)[C@H](NC(=O)[C@@H](N)Cc1cnc[nH]1)C(=O)N[C@@H](CCCCN)C(=O)N[C@@H](CCCCN)C(=O)N[C@@H](CCCCN)C(=O)O. The van der Waals surface area contributed by atoms with Crippen molar-refractivity contribution in [1.29, 1.82) is 0 Å². The number of carboxylic acids is 1. The molecule has 1 heterocycles. The summed E-state index contributed by atoms with van der Waals surface area (Å²) in [6, 6.07) is -5.18. The Morgan fingerprint density at radius 1 is 0.761 bits per heavy atom. The zero-order chi connectivity index (χ0) is 34.5. The fraction of sp³-hybridized carbons (Fsp3) is 0.733. The molecule has 14 N–H and O–H groups in total. The maximum atomic E-state index is 13.6. The molecule has 0 bridgehead atoms. The van der Waals surface area contributed by atoms with Gasteiger partial charge < -0.3 is 54.3 Å². The number of aromatic amines is 1. The number of nitrogens with zero attached hydrogens (tertiary/aromatic N) is 1. The molecule has 0 aromatic carbocycles. The number of carboxylic acid groups (broad SMARTS) is 1. The monoisotopic (exact) mass is 652 g/mol. The summed E-state index contributed by atoms with van der Waals surface area (Å²) < 4.78 is 0. The van der Waals surface area contributed by atoms with Gasteiger partial charge in [-0.25, -0.2) is 9.78 Å². The molecule has 1 aromatic heterocycles. The van der Waals surface area contributed by atoms with Gasteiger partial charge in [0.05, 0.1) is 12.4 Å². The summed E-state index contributed by atoms with van der Waals surface area (Å²) in [5.74, 6) is -3.84. The van der Waals surface area contributed by atoms with Crippen LogP contribution in [-0.4, -0.2) is 94.5 Å². The third-order valence-electron chi connectivity index (χ3n) is 7.85. The van der Waals surface area contributed by atoms with Crippen molar-refractivity contribution in [2.75, 3.05) is 19.6 Å². The number of imidazole rings is 1. The van der Waals surface area contributed by atoms with Gasteiger partial charge in [-0.3, -0.25) is 19.2 Å². The van der Waals surface area contributed by atoms with Crippen molar-refractivity contribution in [1.82, 2.24) is 31.2 Å². The van der Waals surface area contributed by atoms with Crippen LogP contribution in [-0.2, 0) is 30.4 Å². The lowest BCUT2D eigenvalue weighted by molar-refractivity contribution is -0.142. The third-order valence-corrected chi connectivity index (χ3v) is 7.85. The summed E-state index contributed by atoms with van der Waals surface area (Å²) in [6.07, 6.45) is 7.72. The number of hydrogen-bond donors (Lipinski definition) is 10. The average molecular weight is 653 g/mol. The predicted octanol–water partition coefficient (Wildman–Crippen LogP) is -1.26. The van der Waals surface area contributed by atoms with Crippen LogP contribution in [0.2, 0.25) is 0 Å². The first kappa shape index (κ1) is 40.4. The summed E-state index contributed by atoms with van der Waals surface area (Å²) >= 11 is 0. The van der Waals surface area contributed by atoms with Gasteiger partial charge >= 0.3 is 5.97 Å². The van der Waals surface area contributed by atoms with Crippen LogP contribution in [0.1, 0.15) is 83.7 Å². The number of aliphatic carboxylic acids is 1. The van der Waals surface area contributed by atoms with Gasteiger partial charge in [-0.2, -0.15) is 0 Å². The fourth-order valence-corrected chi connectivity index (χ4v) is 4.77. The van der Waals surface area contributed by atoms with E-state index in [2.05, 4.69) is 31.2 Å². The molecule has 0 spiro atoms. The molecule has 0 aliphatic heterocycles. The molecule has 16 heteroatoms. The summed E-state index contributed by atoms with van der Waals surface area (Å²) in [7, 11) is 0. The first-order valence-electron chi connectivity index (χ1n) is 16.3. The molecule has 6 atom stereocenters. The molecule has 0 aliphatic rings. The van der Waals surface area contributed by atoms with Crippen LogP contribution in [0.15, 0.2) is 12.5 Å². The molecular formula is C30H56N10O6. The minimum atomic E-state index is -1.19. The highest BCUT2D eigenvalue weighted by molar-refractivity contribution is 5.95. The van der Waals surface area contributed by atoms with E-state index < -0.39 is 59.8 Å². The van der Waals surface area contributed by atoms with Crippen molar-refractivity contribution in [3.05, 3.63) is 18.2 Å². The average Bonchev–Trinajstić information content (AvgIpc) is 3.54. The van der Waals surface area contributed by atoms with Crippen LogP contribution in [0.3, 0.4) is 0 Å². The molecule has 0 fully saturated rings. The van der Waals surface area contributed by atoms with Crippen molar-refractivity contribution in [3.63, 3.8) is 0 Å². The highest BCUT2D eigenvalue weighted by Crippen LogP contribution is 2.12. The number of amides is 4. The minimum Gasteiger partial charge on any atom is -0.480 e. The third kappa shape index (κ3) is 15.1. The van der Waals surface area contributed by atoms with Gasteiger partial charge in [0.25, 0.3) is 0 Å². The van der Waals surface area contributed by atoms with Gasteiger partial charge in [0, 0.05) is 18.3 Å². The molecule has 0 radical (unpaired) electrons. The lowest BCUT2D eigenvalue weighted by atomic mass is 9.96. The Morgan fingerprint density at radius 2 is 1.24 bits per heavy atom. The van der Waals surface area contributed by atoms with E-state index >= 15 is 0 Å². The normalized spacial score (nSPS) is 15.1. The predicted molar refractivity (Wildman–Crippen MR) is 174 cm³/mol. The Balaban J connectivity index is 3.11. The van der Waals surface area contributed by atoms with Crippen LogP contribution in [0.5, 0.6) is 0 Å². The van der Waals surface area contributed by atoms with Crippen molar-refractivity contribution >= 4 is 29.6 Å². The van der Waals surface area contributed by atoms with E-state index in [1.54, 1.807) is 13.1 Å². The number of unbranched alkanes of at least 4 members (excludes halogenated alkanes) is 3. The first-order valence-corrected chi connectivity index (χ1v) is 16.3. The molecular weight excluding hydrogens is 596 g/mol. The van der Waals surface area contributed by atoms with E-state index in [1.165, 1.54) is 6.33 Å². The lowest BCUT2D eigenvalue weighted by Gasteiger charge is -2.28. The molecule has 0 aliphatic carbocycles. The highest BCUT2D eigenvalue weighted by Gasteiger charge is 2.33. The Kier molecular flexibility index (Phi) is 20.1. The van der Waals surface area contributed by atoms with Crippen molar-refractivity contribution < 1.29 is 29.1 Å². The second kappa shape index (κ2) is 22.8. The van der Waals surface area contributed by atoms with E-state index in [0.29, 0.717) is 70.3 Å². The number of carbonyl (C=O) groups excluding carboxylic acids is 4. The van der Waals surface area contributed by atoms with Gasteiger partial charge in [-0.05, 0) is 83.3 Å². The van der Waals surface area contributed by atoms with Gasteiger partial charge in [0.2, 0.25) is 23.6 Å². The van der Waals surface area contributed by atoms with E-state index in [4.69, 9.17) is 22.9 Å². The maximum Gasteiger partial charge on any atom is 0.326 e. The quantitative estimate of drug-likeness (QED) is 0.0556. The fourth-order valence-electron chi connectivity index (χ4n) is 4.77. The van der Waals surface area contributed by atoms with Crippen LogP contribution in [0.4, 0.5) is 0 Å². The largest absolute Gasteiger partial charge is 0.480 e. The molecule has 46 heavy (non-hydrogen) atoms. The van der Waals surface area contributed by atoms with Crippen molar-refractivity contribution in [3.8, 4) is 0 Å². The van der Waals surface area contributed by atoms with Gasteiger partial charge in [0.15, 0.2) is 0 Å². The van der Waals surface area contributed by atoms with E-state index in [1.807, 2.05) is 6.92 Å². The molecule has 4 amide bonds. The Bertz CT molecular complexity index is 1060. The van der Waals surface area contributed by atoms with Gasteiger partial charge in [-0.15, -0.1) is 0 Å². The van der Waals surface area contributed by atoms with Crippen molar-refractivity contribution in [2.45, 2.75) is 115 Å². The Labute approximate surface area is 271 Å². The number of hydrogen-bond acceptors (Lipinski definition) is 10. The number of nitrogens with two attached hydrogens (primary N) is 4. The highest BCUT2D eigenvalue weighted by atomic mass is 16.4. The van der Waals surface area contributed by atoms with E-state index in [9.17, 15) is 29.1 Å². The van der Waals surface area contributed by atoms with Gasteiger partial charge in [-0.1, -0.05) is 20.3 Å². The smallest absolute Gasteiger partial charge is 0.326 e. The number of nitrogens with one attached hydrogen (secondary N) is 5. The van der Waals surface area contributed by atoms with E-state index in [-0.39, 0.29) is 31.6 Å². The number of aromatic nitrogens is 2. The second-order valence-corrected chi connectivity index (χ2v) is 11.6. The zero-order valence-electron chi connectivity index (χ0n) is 27.3. The molecule has 0 saturated carbocycles. The van der Waals surface area contributed by atoms with Crippen LogP contribution in [0.25, 0.3) is 0 Å². The Hall–Kier alpha value is -3.60. The summed E-state index contributed by atoms with van der Waals surface area (Å²) in [6.45, 7) is 4.84. The van der Waals surface area contributed by atoms with Gasteiger partial charge in [0.1, 0.15) is 24.2 Å². The zero-order valence-corrected chi connectivity index (χ0v) is 27.3. The second-order valence-electron chi connectivity index (χ2n) is 11.6. The lowest BCUT2D eigenvalue weighted by Crippen LogP contribution is -2.59. The number of rotatable bonds is 25.